The molecule has 0 amide bonds. The van der Waals surface area contributed by atoms with Crippen molar-refractivity contribution >= 4 is 17.1 Å². The average molecular weight is 582 g/mol. The first-order valence-corrected chi connectivity index (χ1v) is 14.9. The molecule has 1 fully saturated rings. The highest BCUT2D eigenvalue weighted by Gasteiger charge is 2.13. The van der Waals surface area contributed by atoms with Gasteiger partial charge in [0.2, 0.25) is 0 Å². The Hall–Kier alpha value is -4.20. The number of benzene rings is 4. The van der Waals surface area contributed by atoms with E-state index < -0.39 is 0 Å². The molecule has 0 unspecified atom stereocenters. The second-order valence-electron chi connectivity index (χ2n) is 10.9. The highest BCUT2D eigenvalue weighted by molar-refractivity contribution is 5.52. The van der Waals surface area contributed by atoms with Crippen LogP contribution < -0.4 is 24.2 Å². The van der Waals surface area contributed by atoms with Crippen LogP contribution in [-0.4, -0.2) is 60.7 Å². The highest BCUT2D eigenvalue weighted by atomic mass is 16.5. The molecule has 1 saturated heterocycles. The molecule has 1 aliphatic rings. The molecule has 4 aromatic rings. The lowest BCUT2D eigenvalue weighted by Gasteiger charge is -2.29. The lowest BCUT2D eigenvalue weighted by molar-refractivity contribution is 0.0889. The largest absolute Gasteiger partial charge is 0.497 e. The minimum atomic E-state index is 0.499. The van der Waals surface area contributed by atoms with Gasteiger partial charge in [0.15, 0.2) is 0 Å². The zero-order valence-electron chi connectivity index (χ0n) is 25.6. The fourth-order valence-electron chi connectivity index (χ4n) is 5.19. The molecule has 0 N–H and O–H groups in total. The maximum absolute atomic E-state index is 6.01. The lowest BCUT2D eigenvalue weighted by atomic mass is 10.1. The Labute approximate surface area is 256 Å². The summed E-state index contributed by atoms with van der Waals surface area (Å²) in [6.45, 7) is 6.52. The van der Waals surface area contributed by atoms with Gasteiger partial charge < -0.3 is 33.6 Å². The third-order valence-electron chi connectivity index (χ3n) is 7.57. The van der Waals surface area contributed by atoms with E-state index in [1.165, 1.54) is 16.8 Å². The molecule has 0 bridgehead atoms. The molecule has 226 valence electrons. The molecular formula is C36H43N3O4. The van der Waals surface area contributed by atoms with Crippen LogP contribution in [-0.2, 0) is 29.2 Å². The first-order valence-electron chi connectivity index (χ1n) is 14.9. The topological polar surface area (TPSA) is 46.6 Å². The van der Waals surface area contributed by atoms with E-state index in [2.05, 4.69) is 81.4 Å². The van der Waals surface area contributed by atoms with Gasteiger partial charge in [0.05, 0.1) is 33.5 Å². The Balaban J connectivity index is 1.23. The molecule has 0 aliphatic carbocycles. The number of ether oxygens (including phenoxy) is 4. The van der Waals surface area contributed by atoms with E-state index >= 15 is 0 Å². The van der Waals surface area contributed by atoms with Gasteiger partial charge in [-0.15, -0.1) is 0 Å². The molecule has 1 heterocycles. The van der Waals surface area contributed by atoms with Gasteiger partial charge in [-0.25, -0.2) is 0 Å². The minimum absolute atomic E-state index is 0.499. The first kappa shape index (κ1) is 30.3. The summed E-state index contributed by atoms with van der Waals surface area (Å²) in [6, 6.07) is 33.9. The maximum atomic E-state index is 6.01. The van der Waals surface area contributed by atoms with Gasteiger partial charge in [0, 0.05) is 63.4 Å². The van der Waals surface area contributed by atoms with Crippen LogP contribution in [0, 0.1) is 0 Å². The summed E-state index contributed by atoms with van der Waals surface area (Å²) in [7, 11) is 5.76. The summed E-state index contributed by atoms with van der Waals surface area (Å²) in [5, 5.41) is 0. The van der Waals surface area contributed by atoms with Crippen LogP contribution in [0.3, 0.4) is 0 Å². The van der Waals surface area contributed by atoms with Gasteiger partial charge >= 0.3 is 0 Å². The quantitative estimate of drug-likeness (QED) is 0.160. The Kier molecular flexibility index (Phi) is 10.8. The number of hydrogen-bond acceptors (Lipinski definition) is 7. The molecule has 4 aromatic carbocycles. The minimum Gasteiger partial charge on any atom is -0.497 e. The molecule has 0 saturated carbocycles. The van der Waals surface area contributed by atoms with E-state index in [4.69, 9.17) is 18.9 Å². The number of morpholine rings is 1. The van der Waals surface area contributed by atoms with E-state index in [1.807, 2.05) is 44.4 Å². The third kappa shape index (κ3) is 8.89. The van der Waals surface area contributed by atoms with Crippen molar-refractivity contribution in [3.05, 3.63) is 114 Å². The van der Waals surface area contributed by atoms with Gasteiger partial charge in [-0.05, 0) is 65.2 Å². The fraction of sp³-hybridized carbons (Fsp3) is 0.333. The summed E-state index contributed by atoms with van der Waals surface area (Å²) in [6.07, 6.45) is 0. The zero-order valence-corrected chi connectivity index (χ0v) is 25.6. The second-order valence-corrected chi connectivity index (χ2v) is 10.9. The number of nitrogens with zero attached hydrogens (tertiary/aromatic N) is 3. The van der Waals surface area contributed by atoms with Crippen LogP contribution >= 0.6 is 0 Å². The predicted octanol–water partition coefficient (Wildman–Crippen LogP) is 6.40. The summed E-state index contributed by atoms with van der Waals surface area (Å²) >= 11 is 0. The second kappa shape index (κ2) is 15.3. The maximum Gasteiger partial charge on any atom is 0.121 e. The molecule has 43 heavy (non-hydrogen) atoms. The van der Waals surface area contributed by atoms with Crippen LogP contribution in [0.2, 0.25) is 0 Å². The highest BCUT2D eigenvalue weighted by Crippen LogP contribution is 2.25. The fourth-order valence-corrected chi connectivity index (χ4v) is 5.19. The normalized spacial score (nSPS) is 13.0. The monoisotopic (exact) mass is 581 g/mol. The molecule has 7 nitrogen and oxygen atoms in total. The summed E-state index contributed by atoms with van der Waals surface area (Å²) in [4.78, 5) is 6.86. The van der Waals surface area contributed by atoms with E-state index in [9.17, 15) is 0 Å². The summed E-state index contributed by atoms with van der Waals surface area (Å²) in [5.74, 6) is 1.72. The Morgan fingerprint density at radius 1 is 0.698 bits per heavy atom. The smallest absolute Gasteiger partial charge is 0.121 e. The summed E-state index contributed by atoms with van der Waals surface area (Å²) in [5.41, 5.74) is 7.10. The van der Waals surface area contributed by atoms with Crippen LogP contribution in [0.5, 0.6) is 11.5 Å². The van der Waals surface area contributed by atoms with Crippen molar-refractivity contribution in [3.63, 3.8) is 0 Å². The van der Waals surface area contributed by atoms with Crippen molar-refractivity contribution in [1.82, 2.24) is 0 Å². The molecule has 5 rings (SSSR count). The molecule has 7 heteroatoms. The molecule has 0 atom stereocenters. The third-order valence-corrected chi connectivity index (χ3v) is 7.57. The SMILES string of the molecule is COc1cccc(CN(Cc2ccc(N3CCOCC3)cc2)c2cccc(COCCOc3cccc(N(C)C)c3)c2)c1. The van der Waals surface area contributed by atoms with Crippen LogP contribution in [0.25, 0.3) is 0 Å². The zero-order chi connectivity index (χ0) is 29.9. The van der Waals surface area contributed by atoms with E-state index in [0.717, 1.165) is 67.8 Å². The first-order chi connectivity index (χ1) is 21.1. The van der Waals surface area contributed by atoms with Gasteiger partial charge in [0.1, 0.15) is 18.1 Å². The Bertz CT molecular complexity index is 1420. The number of methoxy groups -OCH3 is 1. The molecule has 0 aromatic heterocycles. The number of hydrogen-bond donors (Lipinski definition) is 0. The van der Waals surface area contributed by atoms with E-state index in [-0.39, 0.29) is 0 Å². The standard InChI is InChI=1S/C36H43N3O4/c1-37(2)33-9-6-12-36(25-33)43-22-21-42-28-31-8-4-10-34(23-31)39(27-30-7-5-11-35(24-30)40-3)26-29-13-15-32(16-14-29)38-17-19-41-20-18-38/h4-16,23-25H,17-22,26-28H2,1-3H3. The van der Waals surface area contributed by atoms with Crippen molar-refractivity contribution in [3.8, 4) is 11.5 Å². The van der Waals surface area contributed by atoms with Crippen molar-refractivity contribution in [1.29, 1.82) is 0 Å². The van der Waals surface area contributed by atoms with Gasteiger partial charge in [-0.3, -0.25) is 0 Å². The lowest BCUT2D eigenvalue weighted by Crippen LogP contribution is -2.36. The molecule has 0 spiro atoms. The van der Waals surface area contributed by atoms with Crippen LogP contribution in [0.15, 0.2) is 97.1 Å². The van der Waals surface area contributed by atoms with Crippen molar-refractivity contribution in [2.75, 3.05) is 75.4 Å². The van der Waals surface area contributed by atoms with Gasteiger partial charge in [0.25, 0.3) is 0 Å². The van der Waals surface area contributed by atoms with E-state index in [0.29, 0.717) is 19.8 Å². The van der Waals surface area contributed by atoms with Gasteiger partial charge in [-0.2, -0.15) is 0 Å². The molecular weight excluding hydrogens is 538 g/mol. The molecule has 0 radical (unpaired) electrons. The Morgan fingerprint density at radius 2 is 1.40 bits per heavy atom. The number of rotatable bonds is 14. The van der Waals surface area contributed by atoms with Crippen molar-refractivity contribution < 1.29 is 18.9 Å². The summed E-state index contributed by atoms with van der Waals surface area (Å²) < 4.78 is 22.9. The van der Waals surface area contributed by atoms with Gasteiger partial charge in [-0.1, -0.05) is 42.5 Å². The van der Waals surface area contributed by atoms with Crippen molar-refractivity contribution in [2.45, 2.75) is 19.7 Å². The van der Waals surface area contributed by atoms with Crippen molar-refractivity contribution in [2.24, 2.45) is 0 Å². The number of anilines is 3. The predicted molar refractivity (Wildman–Crippen MR) is 175 cm³/mol. The average Bonchev–Trinajstić information content (AvgIpc) is 3.05. The Morgan fingerprint density at radius 3 is 2.19 bits per heavy atom. The van der Waals surface area contributed by atoms with E-state index in [1.54, 1.807) is 7.11 Å². The molecule has 1 aliphatic heterocycles. The van der Waals surface area contributed by atoms with Crippen LogP contribution in [0.1, 0.15) is 16.7 Å². The van der Waals surface area contributed by atoms with Crippen LogP contribution in [0.4, 0.5) is 17.1 Å².